The van der Waals surface area contributed by atoms with Crippen LogP contribution in [0.25, 0.3) is 6.08 Å². The van der Waals surface area contributed by atoms with Gasteiger partial charge in [0.05, 0.1) is 0 Å². The summed E-state index contributed by atoms with van der Waals surface area (Å²) >= 11 is 1.39. The van der Waals surface area contributed by atoms with Crippen LogP contribution in [0.2, 0.25) is 0 Å². The minimum atomic E-state index is 0.598. The highest BCUT2D eigenvalue weighted by molar-refractivity contribution is 8.02. The molecule has 1 aliphatic rings. The molecule has 1 aliphatic heterocycles. The average molecular weight is 215 g/mol. The van der Waals surface area contributed by atoms with Crippen LogP contribution in [0.15, 0.2) is 41.0 Å². The first kappa shape index (κ1) is 9.88. The Balaban J connectivity index is 2.43. The van der Waals surface area contributed by atoms with Gasteiger partial charge in [-0.1, -0.05) is 18.2 Å². The number of benzene rings is 1. The molecule has 3 heteroatoms. The summed E-state index contributed by atoms with van der Waals surface area (Å²) in [4.78, 5) is 0.598. The molecule has 0 N–H and O–H groups in total. The van der Waals surface area contributed by atoms with Gasteiger partial charge in [-0.15, -0.1) is 11.8 Å². The Labute approximate surface area is 92.9 Å². The van der Waals surface area contributed by atoms with Crippen LogP contribution in [-0.4, -0.2) is 6.26 Å². The third-order valence-electron chi connectivity index (χ3n) is 2.08. The maximum absolute atomic E-state index is 8.88. The molecule has 0 unspecified atom stereocenters. The number of para-hydroxylation sites is 1. The Bertz CT molecular complexity index is 483. The molecule has 15 heavy (non-hydrogen) atoms. The topological polar surface area (TPSA) is 33.0 Å². The van der Waals surface area contributed by atoms with Crippen molar-refractivity contribution in [1.29, 1.82) is 5.26 Å². The first-order valence-electron chi connectivity index (χ1n) is 4.48. The van der Waals surface area contributed by atoms with Gasteiger partial charge >= 0.3 is 0 Å². The SMILES string of the molecule is CS/C(C#N)=C1/C=Cc2ccccc2O1. The molecule has 0 fully saturated rings. The highest BCUT2D eigenvalue weighted by Crippen LogP contribution is 2.30. The van der Waals surface area contributed by atoms with Gasteiger partial charge in [0.15, 0.2) is 5.76 Å². The van der Waals surface area contributed by atoms with Crippen molar-refractivity contribution >= 4 is 17.8 Å². The molecule has 0 bridgehead atoms. The van der Waals surface area contributed by atoms with Crippen LogP contribution in [-0.2, 0) is 0 Å². The number of allylic oxidation sites excluding steroid dienone is 2. The summed E-state index contributed by atoms with van der Waals surface area (Å²) in [6.45, 7) is 0. The van der Waals surface area contributed by atoms with Gasteiger partial charge in [0.25, 0.3) is 0 Å². The van der Waals surface area contributed by atoms with Crippen molar-refractivity contribution in [3.63, 3.8) is 0 Å². The number of rotatable bonds is 1. The lowest BCUT2D eigenvalue weighted by Gasteiger charge is -2.14. The predicted molar refractivity (Wildman–Crippen MR) is 62.3 cm³/mol. The van der Waals surface area contributed by atoms with Gasteiger partial charge in [0, 0.05) is 5.56 Å². The van der Waals surface area contributed by atoms with Crippen LogP contribution in [0.5, 0.6) is 5.75 Å². The second-order valence-corrected chi connectivity index (χ2v) is 3.80. The number of nitriles is 1. The van der Waals surface area contributed by atoms with Gasteiger partial charge < -0.3 is 4.74 Å². The van der Waals surface area contributed by atoms with Crippen molar-refractivity contribution in [2.24, 2.45) is 0 Å². The summed E-state index contributed by atoms with van der Waals surface area (Å²) in [5.41, 5.74) is 1.04. The molecule has 1 aromatic rings. The summed E-state index contributed by atoms with van der Waals surface area (Å²) in [5, 5.41) is 8.88. The van der Waals surface area contributed by atoms with E-state index in [-0.39, 0.29) is 0 Å². The maximum Gasteiger partial charge on any atom is 0.151 e. The fourth-order valence-electron chi connectivity index (χ4n) is 1.35. The first-order valence-corrected chi connectivity index (χ1v) is 5.71. The molecule has 0 atom stereocenters. The zero-order chi connectivity index (χ0) is 10.7. The lowest BCUT2D eigenvalue weighted by molar-refractivity contribution is 0.439. The zero-order valence-corrected chi connectivity index (χ0v) is 9.04. The maximum atomic E-state index is 8.88. The van der Waals surface area contributed by atoms with Crippen LogP contribution in [0, 0.1) is 11.3 Å². The minimum Gasteiger partial charge on any atom is -0.455 e. The largest absolute Gasteiger partial charge is 0.455 e. The van der Waals surface area contributed by atoms with E-state index >= 15 is 0 Å². The van der Waals surface area contributed by atoms with E-state index in [1.165, 1.54) is 11.8 Å². The fourth-order valence-corrected chi connectivity index (χ4v) is 1.75. The van der Waals surface area contributed by atoms with Gasteiger partial charge in [0.1, 0.15) is 16.7 Å². The normalized spacial score (nSPS) is 16.3. The third-order valence-corrected chi connectivity index (χ3v) is 2.78. The highest BCUT2D eigenvalue weighted by Gasteiger charge is 2.12. The number of ether oxygens (including phenoxy) is 1. The Morgan fingerprint density at radius 3 is 2.87 bits per heavy atom. The van der Waals surface area contributed by atoms with E-state index in [1.807, 2.05) is 42.7 Å². The standard InChI is InChI=1S/C12H9NOS/c1-15-12(8-13)11-7-6-9-4-2-3-5-10(9)14-11/h2-7H,1H3/b12-11-. The lowest BCUT2D eigenvalue weighted by Crippen LogP contribution is -2.00. The van der Waals surface area contributed by atoms with Crippen molar-refractivity contribution in [2.75, 3.05) is 6.26 Å². The number of hydrogen-bond donors (Lipinski definition) is 0. The van der Waals surface area contributed by atoms with E-state index in [4.69, 9.17) is 10.00 Å². The van der Waals surface area contributed by atoms with E-state index in [9.17, 15) is 0 Å². The van der Waals surface area contributed by atoms with Crippen LogP contribution in [0.3, 0.4) is 0 Å². The molecule has 1 heterocycles. The first-order chi connectivity index (χ1) is 7.35. The van der Waals surface area contributed by atoms with Gasteiger partial charge in [0.2, 0.25) is 0 Å². The molecule has 74 valence electrons. The number of nitrogens with zero attached hydrogens (tertiary/aromatic N) is 1. The predicted octanol–water partition coefficient (Wildman–Crippen LogP) is 3.19. The van der Waals surface area contributed by atoms with Crippen molar-refractivity contribution < 1.29 is 4.74 Å². The number of thioether (sulfide) groups is 1. The van der Waals surface area contributed by atoms with E-state index in [1.54, 1.807) is 0 Å². The summed E-state index contributed by atoms with van der Waals surface area (Å²) in [5.74, 6) is 1.43. The van der Waals surface area contributed by atoms with E-state index in [0.717, 1.165) is 11.3 Å². The van der Waals surface area contributed by atoms with E-state index in [2.05, 4.69) is 6.07 Å². The van der Waals surface area contributed by atoms with Crippen molar-refractivity contribution in [2.45, 2.75) is 0 Å². The minimum absolute atomic E-state index is 0.598. The molecule has 0 spiro atoms. The van der Waals surface area contributed by atoms with Gasteiger partial charge in [-0.05, 0) is 24.5 Å². The van der Waals surface area contributed by atoms with E-state index in [0.29, 0.717) is 10.7 Å². The second kappa shape index (κ2) is 4.24. The fraction of sp³-hybridized carbons (Fsp3) is 0.0833. The summed E-state index contributed by atoms with van der Waals surface area (Å²) in [7, 11) is 0. The monoisotopic (exact) mass is 215 g/mol. The zero-order valence-electron chi connectivity index (χ0n) is 8.23. The van der Waals surface area contributed by atoms with E-state index < -0.39 is 0 Å². The van der Waals surface area contributed by atoms with Crippen molar-refractivity contribution in [3.8, 4) is 11.8 Å². The van der Waals surface area contributed by atoms with Crippen LogP contribution in [0.4, 0.5) is 0 Å². The Hall–Kier alpha value is -1.66. The Morgan fingerprint density at radius 2 is 2.13 bits per heavy atom. The van der Waals surface area contributed by atoms with Gasteiger partial charge in [-0.3, -0.25) is 0 Å². The van der Waals surface area contributed by atoms with Gasteiger partial charge in [-0.2, -0.15) is 5.26 Å². The molecule has 0 saturated heterocycles. The summed E-state index contributed by atoms with van der Waals surface area (Å²) in [6, 6.07) is 9.87. The molecule has 2 rings (SSSR count). The molecule has 0 aliphatic carbocycles. The molecule has 1 aromatic carbocycles. The molecular formula is C12H9NOS. The Morgan fingerprint density at radius 1 is 1.33 bits per heavy atom. The molecule has 2 nitrogen and oxygen atoms in total. The molecule has 0 saturated carbocycles. The van der Waals surface area contributed by atoms with Gasteiger partial charge in [-0.25, -0.2) is 0 Å². The van der Waals surface area contributed by atoms with Crippen LogP contribution < -0.4 is 4.74 Å². The van der Waals surface area contributed by atoms with Crippen LogP contribution in [0.1, 0.15) is 5.56 Å². The average Bonchev–Trinajstić information content (AvgIpc) is 2.30. The lowest BCUT2D eigenvalue weighted by atomic mass is 10.1. The highest BCUT2D eigenvalue weighted by atomic mass is 32.2. The second-order valence-electron chi connectivity index (χ2n) is 2.98. The number of hydrogen-bond acceptors (Lipinski definition) is 3. The van der Waals surface area contributed by atoms with Crippen LogP contribution >= 0.6 is 11.8 Å². The molecule has 0 aromatic heterocycles. The quantitative estimate of drug-likeness (QED) is 0.674. The summed E-state index contributed by atoms with van der Waals surface area (Å²) in [6.07, 6.45) is 5.66. The molecule has 0 radical (unpaired) electrons. The van der Waals surface area contributed by atoms with Crippen molar-refractivity contribution in [3.05, 3.63) is 46.6 Å². The molecule has 0 amide bonds. The Kier molecular flexibility index (Phi) is 2.79. The third kappa shape index (κ3) is 1.90. The smallest absolute Gasteiger partial charge is 0.151 e. The summed E-state index contributed by atoms with van der Waals surface area (Å²) < 4.78 is 5.63. The number of fused-ring (bicyclic) bond motifs is 1. The molecular weight excluding hydrogens is 206 g/mol. The van der Waals surface area contributed by atoms with Crippen molar-refractivity contribution in [1.82, 2.24) is 0 Å².